The topological polar surface area (TPSA) is 107 Å². The van der Waals surface area contributed by atoms with Crippen molar-refractivity contribution in [2.75, 3.05) is 17.2 Å². The van der Waals surface area contributed by atoms with Crippen molar-refractivity contribution < 1.29 is 0 Å². The van der Waals surface area contributed by atoms with E-state index in [1.54, 1.807) is 11.3 Å². The first-order valence-electron chi connectivity index (χ1n) is 11.1. The lowest BCUT2D eigenvalue weighted by molar-refractivity contribution is 0.529. The van der Waals surface area contributed by atoms with Crippen LogP contribution in [0.4, 0.5) is 11.8 Å². The SMILES string of the molecule is CC(N)CNc1nc(NCc2ccc(-c3ccsc3)nc2)c2ncn(C3CCCC3)c2n1. The lowest BCUT2D eigenvalue weighted by atomic mass is 10.2. The first kappa shape index (κ1) is 20.8. The van der Waals surface area contributed by atoms with Crippen molar-refractivity contribution >= 4 is 34.3 Å². The average molecular weight is 449 g/mol. The second kappa shape index (κ2) is 9.22. The van der Waals surface area contributed by atoms with Gasteiger partial charge in [-0.3, -0.25) is 4.98 Å². The summed E-state index contributed by atoms with van der Waals surface area (Å²) in [6, 6.07) is 6.70. The summed E-state index contributed by atoms with van der Waals surface area (Å²) in [7, 11) is 0. The Hall–Kier alpha value is -3.04. The van der Waals surface area contributed by atoms with Gasteiger partial charge in [0.1, 0.15) is 0 Å². The van der Waals surface area contributed by atoms with Gasteiger partial charge in [-0.25, -0.2) is 4.98 Å². The maximum atomic E-state index is 5.92. The van der Waals surface area contributed by atoms with Crippen molar-refractivity contribution in [2.45, 2.75) is 51.2 Å². The van der Waals surface area contributed by atoms with E-state index in [1.807, 2.05) is 19.4 Å². The number of thiophene rings is 1. The Morgan fingerprint density at radius 3 is 2.75 bits per heavy atom. The number of rotatable bonds is 8. The maximum absolute atomic E-state index is 5.92. The molecule has 8 nitrogen and oxygen atoms in total. The van der Waals surface area contributed by atoms with Crippen LogP contribution in [0.15, 0.2) is 41.5 Å². The molecular formula is C23H28N8S. The van der Waals surface area contributed by atoms with Crippen LogP contribution >= 0.6 is 11.3 Å². The highest BCUT2D eigenvalue weighted by molar-refractivity contribution is 7.08. The summed E-state index contributed by atoms with van der Waals surface area (Å²) in [5.41, 5.74) is 10.8. The van der Waals surface area contributed by atoms with Gasteiger partial charge in [0, 0.05) is 42.3 Å². The standard InChI is InChI=1S/C23H28N8S/c1-15(24)10-27-23-29-21(20-22(30-23)31(14-28-20)18-4-2-3-5-18)26-12-16-6-7-19(25-11-16)17-8-9-32-13-17/h6-9,11,13-15,18H,2-5,10,12,24H2,1H3,(H2,26,27,29,30). The third-order valence-corrected chi connectivity index (χ3v) is 6.51. The largest absolute Gasteiger partial charge is 0.364 e. The van der Waals surface area contributed by atoms with Gasteiger partial charge in [-0.15, -0.1) is 0 Å². The van der Waals surface area contributed by atoms with E-state index in [9.17, 15) is 0 Å². The number of nitrogens with two attached hydrogens (primary N) is 1. The molecule has 5 rings (SSSR count). The lowest BCUT2D eigenvalue weighted by Crippen LogP contribution is -2.26. The Morgan fingerprint density at radius 2 is 2.03 bits per heavy atom. The minimum atomic E-state index is 0.0123. The molecule has 4 N–H and O–H groups in total. The molecule has 1 saturated carbocycles. The predicted octanol–water partition coefficient (Wildman–Crippen LogP) is 4.44. The van der Waals surface area contributed by atoms with Gasteiger partial charge in [0.25, 0.3) is 0 Å². The van der Waals surface area contributed by atoms with Crippen LogP contribution in [0.5, 0.6) is 0 Å². The van der Waals surface area contributed by atoms with Crippen LogP contribution in [0.25, 0.3) is 22.4 Å². The van der Waals surface area contributed by atoms with Gasteiger partial charge in [-0.2, -0.15) is 21.3 Å². The molecule has 166 valence electrons. The van der Waals surface area contributed by atoms with Crippen molar-refractivity contribution in [3.63, 3.8) is 0 Å². The number of nitrogens with one attached hydrogen (secondary N) is 2. The van der Waals surface area contributed by atoms with Gasteiger partial charge in [-0.1, -0.05) is 18.9 Å². The first-order chi connectivity index (χ1) is 15.7. The smallest absolute Gasteiger partial charge is 0.226 e. The van der Waals surface area contributed by atoms with Crippen molar-refractivity contribution in [3.8, 4) is 11.3 Å². The van der Waals surface area contributed by atoms with Crippen molar-refractivity contribution in [1.29, 1.82) is 0 Å². The van der Waals surface area contributed by atoms with E-state index >= 15 is 0 Å². The molecule has 4 heterocycles. The molecule has 1 unspecified atom stereocenters. The molecule has 0 saturated heterocycles. The van der Waals surface area contributed by atoms with E-state index in [0.717, 1.165) is 33.8 Å². The maximum Gasteiger partial charge on any atom is 0.226 e. The van der Waals surface area contributed by atoms with Gasteiger partial charge in [0.05, 0.1) is 12.0 Å². The summed E-state index contributed by atoms with van der Waals surface area (Å²) in [5, 5.41) is 10.9. The molecule has 0 aromatic carbocycles. The Balaban J connectivity index is 1.40. The summed E-state index contributed by atoms with van der Waals surface area (Å²) in [6.07, 6.45) is 8.67. The molecule has 1 fully saturated rings. The monoisotopic (exact) mass is 448 g/mol. The lowest BCUT2D eigenvalue weighted by Gasteiger charge is -2.14. The molecule has 1 aliphatic carbocycles. The third-order valence-electron chi connectivity index (χ3n) is 5.82. The Bertz CT molecular complexity index is 1160. The summed E-state index contributed by atoms with van der Waals surface area (Å²) < 4.78 is 2.21. The predicted molar refractivity (Wildman–Crippen MR) is 130 cm³/mol. The summed E-state index contributed by atoms with van der Waals surface area (Å²) in [6.45, 7) is 3.17. The number of fused-ring (bicyclic) bond motifs is 1. The van der Waals surface area contributed by atoms with E-state index in [2.05, 4.69) is 54.1 Å². The Kier molecular flexibility index (Phi) is 6.00. The van der Waals surface area contributed by atoms with E-state index in [1.165, 1.54) is 25.7 Å². The van der Waals surface area contributed by atoms with Crippen LogP contribution in [0, 0.1) is 0 Å². The van der Waals surface area contributed by atoms with E-state index in [0.29, 0.717) is 25.1 Å². The molecule has 0 spiro atoms. The fourth-order valence-corrected chi connectivity index (χ4v) is 4.77. The van der Waals surface area contributed by atoms with Crippen LogP contribution < -0.4 is 16.4 Å². The summed E-state index contributed by atoms with van der Waals surface area (Å²) in [5.74, 6) is 1.30. The zero-order chi connectivity index (χ0) is 21.9. The minimum absolute atomic E-state index is 0.0123. The van der Waals surface area contributed by atoms with E-state index < -0.39 is 0 Å². The number of hydrogen-bond acceptors (Lipinski definition) is 8. The average Bonchev–Trinajstić information content (AvgIpc) is 3.57. The molecule has 0 bridgehead atoms. The van der Waals surface area contributed by atoms with Gasteiger partial charge < -0.3 is 20.9 Å². The minimum Gasteiger partial charge on any atom is -0.364 e. The number of anilines is 2. The van der Waals surface area contributed by atoms with Gasteiger partial charge in [-0.05, 0) is 42.8 Å². The zero-order valence-electron chi connectivity index (χ0n) is 18.2. The van der Waals surface area contributed by atoms with Crippen molar-refractivity contribution in [1.82, 2.24) is 24.5 Å². The molecule has 9 heteroatoms. The summed E-state index contributed by atoms with van der Waals surface area (Å²) in [4.78, 5) is 18.8. The van der Waals surface area contributed by atoms with Crippen LogP contribution in [0.2, 0.25) is 0 Å². The van der Waals surface area contributed by atoms with Crippen LogP contribution in [0.3, 0.4) is 0 Å². The highest BCUT2D eigenvalue weighted by atomic mass is 32.1. The highest BCUT2D eigenvalue weighted by Crippen LogP contribution is 2.33. The second-order valence-corrected chi connectivity index (χ2v) is 9.21. The molecular weight excluding hydrogens is 420 g/mol. The normalized spacial score (nSPS) is 15.3. The van der Waals surface area contributed by atoms with E-state index in [-0.39, 0.29) is 6.04 Å². The van der Waals surface area contributed by atoms with Crippen LogP contribution in [-0.2, 0) is 6.54 Å². The van der Waals surface area contributed by atoms with Crippen molar-refractivity contribution in [2.24, 2.45) is 5.73 Å². The Morgan fingerprint density at radius 1 is 1.16 bits per heavy atom. The van der Waals surface area contributed by atoms with Crippen LogP contribution in [-0.4, -0.2) is 37.1 Å². The molecule has 0 aliphatic heterocycles. The van der Waals surface area contributed by atoms with Gasteiger partial charge in [0.15, 0.2) is 17.0 Å². The second-order valence-electron chi connectivity index (χ2n) is 8.43. The van der Waals surface area contributed by atoms with Crippen LogP contribution in [0.1, 0.15) is 44.2 Å². The molecule has 4 aromatic rings. The Labute approximate surface area is 191 Å². The molecule has 32 heavy (non-hydrogen) atoms. The van der Waals surface area contributed by atoms with Crippen molar-refractivity contribution in [3.05, 3.63) is 47.0 Å². The molecule has 1 aliphatic rings. The van der Waals surface area contributed by atoms with Gasteiger partial charge >= 0.3 is 0 Å². The molecule has 1 atom stereocenters. The molecule has 4 aromatic heterocycles. The molecule has 0 amide bonds. The number of imidazole rings is 1. The van der Waals surface area contributed by atoms with E-state index in [4.69, 9.17) is 15.7 Å². The highest BCUT2D eigenvalue weighted by Gasteiger charge is 2.22. The first-order valence-corrected chi connectivity index (χ1v) is 12.1. The fraction of sp³-hybridized carbons (Fsp3) is 0.391. The zero-order valence-corrected chi connectivity index (χ0v) is 19.0. The quantitative estimate of drug-likeness (QED) is 0.366. The molecule has 0 radical (unpaired) electrons. The fourth-order valence-electron chi connectivity index (χ4n) is 4.12. The third kappa shape index (κ3) is 4.44. The number of hydrogen-bond donors (Lipinski definition) is 3. The summed E-state index contributed by atoms with van der Waals surface area (Å²) >= 11 is 1.68. The van der Waals surface area contributed by atoms with Gasteiger partial charge in [0.2, 0.25) is 5.95 Å². The number of nitrogens with zero attached hydrogens (tertiary/aromatic N) is 5. The number of pyridine rings is 1. The number of aromatic nitrogens is 5.